The largest absolute Gasteiger partial charge is 0.394 e. The molecule has 0 aromatic carbocycles. The van der Waals surface area contributed by atoms with Crippen LogP contribution in [0, 0.1) is 0 Å². The highest BCUT2D eigenvalue weighted by Crippen LogP contribution is 2.33. The van der Waals surface area contributed by atoms with E-state index in [0.717, 1.165) is 44.9 Å². The highest BCUT2D eigenvalue weighted by molar-refractivity contribution is 5.76. The first-order valence-corrected chi connectivity index (χ1v) is 42.4. The minimum atomic E-state index is -1.98. The second-order valence-electron chi connectivity index (χ2n) is 30.7. The number of aliphatic hydroxyl groups excluding tert-OH is 11. The van der Waals surface area contributed by atoms with Crippen LogP contribution in [0.3, 0.4) is 0 Å². The van der Waals surface area contributed by atoms with Crippen LogP contribution in [0.15, 0.2) is 12.2 Å². The van der Waals surface area contributed by atoms with Crippen LogP contribution in [0.4, 0.5) is 0 Å². The Bertz CT molecular complexity index is 1870. The van der Waals surface area contributed by atoms with Crippen LogP contribution in [0.1, 0.15) is 373 Å². The molecule has 17 atom stereocenters. The van der Waals surface area contributed by atoms with Crippen molar-refractivity contribution in [1.82, 2.24) is 5.32 Å². The molecule has 101 heavy (non-hydrogen) atoms. The highest BCUT2D eigenvalue weighted by atomic mass is 16.8. The van der Waals surface area contributed by atoms with Gasteiger partial charge < -0.3 is 89.9 Å². The van der Waals surface area contributed by atoms with Gasteiger partial charge in [-0.2, -0.15) is 0 Å². The average molecular weight is 1450 g/mol. The second kappa shape index (κ2) is 63.5. The van der Waals surface area contributed by atoms with Crippen LogP contribution in [0.2, 0.25) is 0 Å². The van der Waals surface area contributed by atoms with E-state index in [2.05, 4.69) is 19.2 Å². The lowest BCUT2D eigenvalue weighted by Gasteiger charge is -2.48. The molecule has 3 aliphatic heterocycles. The molecule has 17 unspecified atom stereocenters. The van der Waals surface area contributed by atoms with Crippen molar-refractivity contribution < 1.29 is 89.4 Å². The summed E-state index contributed by atoms with van der Waals surface area (Å²) in [4.78, 5) is 13.5. The molecule has 0 radical (unpaired) electrons. The number of unbranched alkanes of at least 4 members (excludes halogenated alkanes) is 53. The van der Waals surface area contributed by atoms with Crippen LogP contribution in [0.25, 0.3) is 0 Å². The quantitative estimate of drug-likeness (QED) is 0.0199. The van der Waals surface area contributed by atoms with E-state index < -0.39 is 124 Å². The van der Waals surface area contributed by atoms with E-state index in [1.54, 1.807) is 6.08 Å². The molecule has 3 heterocycles. The lowest BCUT2D eigenvalue weighted by Crippen LogP contribution is -2.66. The van der Waals surface area contributed by atoms with Gasteiger partial charge in [0.15, 0.2) is 18.9 Å². The third-order valence-electron chi connectivity index (χ3n) is 21.6. The number of carbonyl (C=O) groups is 1. The van der Waals surface area contributed by atoms with Gasteiger partial charge in [-0.15, -0.1) is 0 Å². The number of aliphatic hydroxyl groups is 11. The summed E-state index contributed by atoms with van der Waals surface area (Å²) in [6.07, 6.45) is 49.2. The molecule has 3 saturated heterocycles. The zero-order valence-electron chi connectivity index (χ0n) is 64.2. The van der Waals surface area contributed by atoms with Gasteiger partial charge in [0.25, 0.3) is 0 Å². The fourth-order valence-electron chi connectivity index (χ4n) is 14.8. The number of hydrogen-bond donors (Lipinski definition) is 12. The summed E-state index contributed by atoms with van der Waals surface area (Å²) in [5.74, 6) is -0.265. The molecule has 0 spiro atoms. The maximum Gasteiger partial charge on any atom is 0.220 e. The minimum absolute atomic E-state index is 0.250. The number of carbonyl (C=O) groups excluding carboxylic acids is 1. The Kier molecular flexibility index (Phi) is 58.9. The summed E-state index contributed by atoms with van der Waals surface area (Å²) < 4.78 is 34.5. The number of rotatable bonds is 69. The molecule has 3 rings (SSSR count). The van der Waals surface area contributed by atoms with Crippen LogP contribution in [-0.2, 0) is 33.2 Å². The van der Waals surface area contributed by atoms with Gasteiger partial charge in [0, 0.05) is 6.42 Å². The zero-order valence-corrected chi connectivity index (χ0v) is 64.2. The van der Waals surface area contributed by atoms with Crippen molar-refractivity contribution in [2.75, 3.05) is 26.4 Å². The van der Waals surface area contributed by atoms with Crippen LogP contribution in [-0.4, -0.2) is 193 Å². The molecule has 19 heteroatoms. The van der Waals surface area contributed by atoms with E-state index in [0.29, 0.717) is 6.42 Å². The third-order valence-corrected chi connectivity index (χ3v) is 21.6. The summed E-state index contributed by atoms with van der Waals surface area (Å²) in [5, 5.41) is 121. The first-order valence-electron chi connectivity index (χ1n) is 42.4. The van der Waals surface area contributed by atoms with E-state index in [1.165, 1.54) is 302 Å². The van der Waals surface area contributed by atoms with Gasteiger partial charge in [0.2, 0.25) is 5.91 Å². The molecule has 0 saturated carbocycles. The highest BCUT2D eigenvalue weighted by Gasteiger charge is 2.54. The zero-order chi connectivity index (χ0) is 73.2. The Hall–Kier alpha value is -1.47. The SMILES string of the molecule is CCCCCCCCCCCCCCCCCCCCCCCCCCC/C=C/C(O)C(COC1OC(CO)C(OC2OC(CO)C(OC3OC(CO)C(O)C(O)C3O)C(O)C2O)C(O)C1O)NC(=O)CCCCCCCCCCCCCCCCCCCCCCCCCCCCCCC. The Balaban J connectivity index is 1.36. The molecule has 0 bridgehead atoms. The molecule has 598 valence electrons. The second-order valence-corrected chi connectivity index (χ2v) is 30.7. The molecule has 0 aromatic heterocycles. The van der Waals surface area contributed by atoms with E-state index in [9.17, 15) is 61.0 Å². The normalized spacial score (nSPS) is 26.3. The number of nitrogens with one attached hydrogen (secondary N) is 1. The maximum absolute atomic E-state index is 13.5. The average Bonchev–Trinajstić information content (AvgIpc) is 0.782. The third kappa shape index (κ3) is 43.3. The van der Waals surface area contributed by atoms with Gasteiger partial charge >= 0.3 is 0 Å². The number of amides is 1. The lowest BCUT2D eigenvalue weighted by atomic mass is 9.96. The van der Waals surface area contributed by atoms with Crippen molar-refractivity contribution in [3.8, 4) is 0 Å². The first-order chi connectivity index (χ1) is 49.3. The topological polar surface area (TPSA) is 307 Å². The van der Waals surface area contributed by atoms with Crippen molar-refractivity contribution in [1.29, 1.82) is 0 Å². The van der Waals surface area contributed by atoms with Gasteiger partial charge in [-0.25, -0.2) is 0 Å². The lowest BCUT2D eigenvalue weighted by molar-refractivity contribution is -0.379. The fourth-order valence-corrected chi connectivity index (χ4v) is 14.8. The summed E-state index contributed by atoms with van der Waals surface area (Å²) in [6.45, 7) is 1.81. The fraction of sp³-hybridized carbons (Fsp3) is 0.963. The summed E-state index contributed by atoms with van der Waals surface area (Å²) >= 11 is 0. The Labute approximate surface area is 614 Å². The molecule has 0 aromatic rings. The Morgan fingerprint density at radius 3 is 0.931 bits per heavy atom. The Morgan fingerprint density at radius 2 is 0.614 bits per heavy atom. The summed E-state index contributed by atoms with van der Waals surface area (Å²) in [5.41, 5.74) is 0. The van der Waals surface area contributed by atoms with Crippen LogP contribution >= 0.6 is 0 Å². The molecular weight excluding hydrogens is 1290 g/mol. The minimum Gasteiger partial charge on any atom is -0.394 e. The molecule has 3 fully saturated rings. The number of hydrogen-bond acceptors (Lipinski definition) is 18. The molecule has 1 amide bonds. The monoisotopic (exact) mass is 1440 g/mol. The molecular formula is C82H157NO18. The molecule has 19 nitrogen and oxygen atoms in total. The van der Waals surface area contributed by atoms with Crippen molar-refractivity contribution in [2.45, 2.75) is 478 Å². The van der Waals surface area contributed by atoms with Gasteiger partial charge in [-0.05, 0) is 19.3 Å². The van der Waals surface area contributed by atoms with Crippen LogP contribution < -0.4 is 5.32 Å². The maximum atomic E-state index is 13.5. The number of allylic oxidation sites excluding steroid dienone is 1. The van der Waals surface area contributed by atoms with E-state index in [-0.39, 0.29) is 18.9 Å². The van der Waals surface area contributed by atoms with E-state index >= 15 is 0 Å². The van der Waals surface area contributed by atoms with E-state index in [1.807, 2.05) is 6.08 Å². The van der Waals surface area contributed by atoms with Crippen molar-refractivity contribution in [2.24, 2.45) is 0 Å². The van der Waals surface area contributed by atoms with Crippen molar-refractivity contribution in [3.05, 3.63) is 12.2 Å². The predicted molar refractivity (Wildman–Crippen MR) is 402 cm³/mol. The van der Waals surface area contributed by atoms with E-state index in [4.69, 9.17) is 28.4 Å². The predicted octanol–water partition coefficient (Wildman–Crippen LogP) is 14.7. The van der Waals surface area contributed by atoms with Crippen LogP contribution in [0.5, 0.6) is 0 Å². The standard InChI is InChI=1S/C82H157NO18/c1-3-5-7-9-11-13-15-17-19-21-23-25-27-29-31-32-34-36-38-40-42-44-46-48-50-52-54-56-58-60-70(88)83-65(66(87)59-57-55-53-51-49-47-45-43-41-39-37-35-33-30-28-26-24-22-20-18-16-14-12-10-8-6-4-2)64-96-80-76(94)73(91)78(68(62-85)98-80)101-82-77(95)74(92)79(69(63-86)99-82)100-81-75(93)72(90)71(89)67(61-84)97-81/h57,59,65-69,71-82,84-87,89-95H,3-56,58,60-64H2,1-2H3,(H,83,88)/b59-57+. The summed E-state index contributed by atoms with van der Waals surface area (Å²) in [6, 6.07) is -0.971. The van der Waals surface area contributed by atoms with Crippen molar-refractivity contribution >= 4 is 5.91 Å². The first kappa shape index (κ1) is 93.7. The van der Waals surface area contributed by atoms with Gasteiger partial charge in [-0.3, -0.25) is 4.79 Å². The molecule has 0 aliphatic carbocycles. The number of ether oxygens (including phenoxy) is 6. The molecule has 3 aliphatic rings. The van der Waals surface area contributed by atoms with Crippen molar-refractivity contribution in [3.63, 3.8) is 0 Å². The Morgan fingerprint density at radius 1 is 0.347 bits per heavy atom. The van der Waals surface area contributed by atoms with Gasteiger partial charge in [-0.1, -0.05) is 360 Å². The van der Waals surface area contributed by atoms with Gasteiger partial charge in [0.1, 0.15) is 73.2 Å². The molecule has 12 N–H and O–H groups in total. The summed E-state index contributed by atoms with van der Waals surface area (Å²) in [7, 11) is 0. The smallest absolute Gasteiger partial charge is 0.220 e. The van der Waals surface area contributed by atoms with Gasteiger partial charge in [0.05, 0.1) is 38.6 Å².